The van der Waals surface area contributed by atoms with Gasteiger partial charge >= 0.3 is 5.97 Å². The first-order chi connectivity index (χ1) is 21.5. The molecule has 0 aromatic carbocycles. The van der Waals surface area contributed by atoms with Crippen LogP contribution in [0.1, 0.15) is 89.5 Å². The van der Waals surface area contributed by atoms with E-state index in [2.05, 4.69) is 41.0 Å². The van der Waals surface area contributed by atoms with Crippen molar-refractivity contribution in [2.75, 3.05) is 31.7 Å². The Morgan fingerprint density at radius 1 is 1.07 bits per heavy atom. The number of nitrogens with zero attached hydrogens (tertiary/aromatic N) is 4. The first kappa shape index (κ1) is 34.4. The Morgan fingerprint density at radius 3 is 2.42 bits per heavy atom. The average Bonchev–Trinajstić information content (AvgIpc) is 3.05. The molecule has 45 heavy (non-hydrogen) atoms. The lowest BCUT2D eigenvalue weighted by Gasteiger charge is -2.38. The highest BCUT2D eigenvalue weighted by Gasteiger charge is 2.39. The summed E-state index contributed by atoms with van der Waals surface area (Å²) in [5.74, 6) is 0.469. The quantitative estimate of drug-likeness (QED) is 0.108. The molecule has 10 heteroatoms. The van der Waals surface area contributed by atoms with Gasteiger partial charge in [0.15, 0.2) is 0 Å². The maximum absolute atomic E-state index is 13.1. The molecule has 1 atom stereocenters. The predicted octanol–water partition coefficient (Wildman–Crippen LogP) is 7.70. The van der Waals surface area contributed by atoms with Gasteiger partial charge in [0.2, 0.25) is 6.73 Å². The van der Waals surface area contributed by atoms with Crippen LogP contribution < -0.4 is 5.32 Å². The summed E-state index contributed by atoms with van der Waals surface area (Å²) >= 11 is 0. The lowest BCUT2D eigenvalue weighted by molar-refractivity contribution is -0.940. The molecular formula is C35H48F2N5O3+. The number of quaternary nitrogens is 1. The molecule has 1 fully saturated rings. The zero-order valence-electron chi connectivity index (χ0n) is 27.2. The number of hydrogen-bond acceptors (Lipinski definition) is 7. The number of pyridine rings is 3. The van der Waals surface area contributed by atoms with E-state index in [1.54, 1.807) is 13.1 Å². The highest BCUT2D eigenvalue weighted by atomic mass is 19.3. The van der Waals surface area contributed by atoms with Crippen LogP contribution in [0.15, 0.2) is 48.8 Å². The van der Waals surface area contributed by atoms with E-state index in [9.17, 15) is 18.7 Å². The Bertz CT molecular complexity index is 1400. The summed E-state index contributed by atoms with van der Waals surface area (Å²) in [6.07, 6.45) is 5.47. The minimum atomic E-state index is -2.59. The monoisotopic (exact) mass is 624 g/mol. The minimum absolute atomic E-state index is 0.0324. The molecule has 4 rings (SSSR count). The van der Waals surface area contributed by atoms with Crippen molar-refractivity contribution >= 4 is 17.6 Å². The summed E-state index contributed by atoms with van der Waals surface area (Å²) in [6, 6.07) is 10.0. The first-order valence-electron chi connectivity index (χ1n) is 16.2. The topological polar surface area (TPSA) is 97.2 Å². The maximum Gasteiger partial charge on any atom is 0.313 e. The largest absolute Gasteiger partial charge is 0.415 e. The number of anilines is 2. The second-order valence-electron chi connectivity index (χ2n) is 12.6. The summed E-state index contributed by atoms with van der Waals surface area (Å²) in [6.45, 7) is 13.6. The molecule has 0 radical (unpaired) electrons. The molecule has 2 N–H and O–H groups in total. The SMILES string of the molecule is CCCC[N+](CC)(CC)COC(=O)[C@H]1CC[C@H]([C@@](C)(O)c2ccc(-c3cc(C)cc(Nc4cc(C(F)F)ccn4)n3)cn2)CC1. The summed E-state index contributed by atoms with van der Waals surface area (Å²) < 4.78 is 32.9. The number of unbranched alkanes of at least 4 members (excludes halogenated alkanes) is 1. The number of nitrogens with one attached hydrogen (secondary N) is 1. The average molecular weight is 625 g/mol. The molecule has 0 spiro atoms. The van der Waals surface area contributed by atoms with Gasteiger partial charge < -0.3 is 15.2 Å². The van der Waals surface area contributed by atoms with Crippen LogP contribution in [-0.4, -0.2) is 56.9 Å². The van der Waals surface area contributed by atoms with Crippen molar-refractivity contribution in [2.24, 2.45) is 11.8 Å². The van der Waals surface area contributed by atoms with Crippen molar-refractivity contribution < 1.29 is 27.9 Å². The Hall–Kier alpha value is -3.50. The smallest absolute Gasteiger partial charge is 0.313 e. The van der Waals surface area contributed by atoms with Gasteiger partial charge in [0.1, 0.15) is 17.2 Å². The number of aliphatic hydroxyl groups is 1. The van der Waals surface area contributed by atoms with E-state index in [4.69, 9.17) is 4.74 Å². The molecule has 0 amide bonds. The molecule has 3 heterocycles. The Kier molecular flexibility index (Phi) is 11.6. The second-order valence-corrected chi connectivity index (χ2v) is 12.6. The number of ether oxygens (including phenoxy) is 1. The third-order valence-corrected chi connectivity index (χ3v) is 9.50. The van der Waals surface area contributed by atoms with Crippen molar-refractivity contribution in [3.63, 3.8) is 0 Å². The molecule has 3 aromatic rings. The summed E-state index contributed by atoms with van der Waals surface area (Å²) in [5, 5.41) is 14.6. The summed E-state index contributed by atoms with van der Waals surface area (Å²) in [7, 11) is 0. The van der Waals surface area contributed by atoms with Crippen LogP contribution in [0.5, 0.6) is 0 Å². The molecular weight excluding hydrogens is 576 g/mol. The molecule has 244 valence electrons. The minimum Gasteiger partial charge on any atom is -0.415 e. The van der Waals surface area contributed by atoms with Gasteiger partial charge in [0, 0.05) is 23.5 Å². The molecule has 1 aliphatic rings. The van der Waals surface area contributed by atoms with Gasteiger partial charge in [0.25, 0.3) is 6.43 Å². The van der Waals surface area contributed by atoms with E-state index >= 15 is 0 Å². The number of aromatic nitrogens is 3. The number of rotatable bonds is 14. The second kappa shape index (κ2) is 15.2. The first-order valence-corrected chi connectivity index (χ1v) is 16.2. The van der Waals surface area contributed by atoms with Gasteiger partial charge in [-0.2, -0.15) is 0 Å². The zero-order chi connectivity index (χ0) is 32.6. The van der Waals surface area contributed by atoms with Crippen LogP contribution in [0.4, 0.5) is 20.4 Å². The number of halogens is 2. The molecule has 8 nitrogen and oxygen atoms in total. The van der Waals surface area contributed by atoms with Gasteiger partial charge in [-0.25, -0.2) is 18.7 Å². The molecule has 0 unspecified atom stereocenters. The molecule has 1 saturated carbocycles. The Morgan fingerprint density at radius 2 is 1.80 bits per heavy atom. The van der Waals surface area contributed by atoms with E-state index in [0.717, 1.165) is 48.1 Å². The van der Waals surface area contributed by atoms with Crippen LogP contribution in [-0.2, 0) is 15.1 Å². The van der Waals surface area contributed by atoms with E-state index in [1.807, 2.05) is 31.2 Å². The Labute approximate surface area is 265 Å². The van der Waals surface area contributed by atoms with Crippen LogP contribution in [0.3, 0.4) is 0 Å². The van der Waals surface area contributed by atoms with Crippen LogP contribution in [0.25, 0.3) is 11.3 Å². The molecule has 0 bridgehead atoms. The van der Waals surface area contributed by atoms with Crippen LogP contribution in [0, 0.1) is 18.8 Å². The van der Waals surface area contributed by atoms with E-state index < -0.39 is 12.0 Å². The maximum atomic E-state index is 13.1. The fraction of sp³-hybridized carbons (Fsp3) is 0.543. The van der Waals surface area contributed by atoms with E-state index in [0.29, 0.717) is 49.6 Å². The van der Waals surface area contributed by atoms with Crippen molar-refractivity contribution in [1.29, 1.82) is 0 Å². The van der Waals surface area contributed by atoms with Crippen LogP contribution >= 0.6 is 0 Å². The van der Waals surface area contributed by atoms with Gasteiger partial charge in [-0.1, -0.05) is 13.3 Å². The third kappa shape index (κ3) is 8.61. The highest BCUT2D eigenvalue weighted by molar-refractivity contribution is 5.72. The molecule has 0 aliphatic heterocycles. The normalized spacial score (nSPS) is 18.4. The lowest BCUT2D eigenvalue weighted by Crippen LogP contribution is -2.50. The van der Waals surface area contributed by atoms with Gasteiger partial charge in [-0.3, -0.25) is 14.3 Å². The van der Waals surface area contributed by atoms with Crippen molar-refractivity contribution in [1.82, 2.24) is 15.0 Å². The Balaban J connectivity index is 1.37. The van der Waals surface area contributed by atoms with Gasteiger partial charge in [0.05, 0.1) is 36.9 Å². The molecule has 0 saturated heterocycles. The van der Waals surface area contributed by atoms with Crippen molar-refractivity contribution in [2.45, 2.75) is 85.2 Å². The van der Waals surface area contributed by atoms with E-state index in [1.165, 1.54) is 18.3 Å². The van der Waals surface area contributed by atoms with Gasteiger partial charge in [-0.05, 0) is 108 Å². The third-order valence-electron chi connectivity index (χ3n) is 9.50. The van der Waals surface area contributed by atoms with Crippen LogP contribution in [0.2, 0.25) is 0 Å². The zero-order valence-corrected chi connectivity index (χ0v) is 27.2. The number of esters is 1. The van der Waals surface area contributed by atoms with Crippen molar-refractivity contribution in [3.05, 3.63) is 65.6 Å². The number of hydrogen-bond donors (Lipinski definition) is 2. The number of carbonyl (C=O) groups excluding carboxylic acids is 1. The van der Waals surface area contributed by atoms with Crippen molar-refractivity contribution in [3.8, 4) is 11.3 Å². The fourth-order valence-corrected chi connectivity index (χ4v) is 6.21. The lowest BCUT2D eigenvalue weighted by atomic mass is 9.73. The fourth-order valence-electron chi connectivity index (χ4n) is 6.21. The number of carbonyl (C=O) groups is 1. The molecule has 3 aromatic heterocycles. The number of alkyl halides is 2. The summed E-state index contributed by atoms with van der Waals surface area (Å²) in [4.78, 5) is 26.4. The van der Waals surface area contributed by atoms with E-state index in [-0.39, 0.29) is 29.2 Å². The molecule has 1 aliphatic carbocycles. The predicted molar refractivity (Wildman–Crippen MR) is 172 cm³/mol. The van der Waals surface area contributed by atoms with Gasteiger partial charge in [-0.15, -0.1) is 0 Å². The summed E-state index contributed by atoms with van der Waals surface area (Å²) in [5.41, 5.74) is 1.64. The highest BCUT2D eigenvalue weighted by Crippen LogP contribution is 2.41. The standard InChI is InChI=1S/C35H48F2N5O3/c1-6-9-18-42(7-2,8-3)23-45-34(43)25-10-13-28(14-11-25)35(5,44)30-15-12-27(22-39-30)29-19-24(4)20-32(40-29)41-31-21-26(33(36)37)16-17-38-31/h12,15-17,19-22,25,28,33,44H,6-11,13-14,18,23H2,1-5H3,(H,38,40,41)/q+1/t25-,28-,35-/m1/s1. The number of aryl methyl sites for hydroxylation is 1.